The molecule has 0 bridgehead atoms. The van der Waals surface area contributed by atoms with Crippen molar-refractivity contribution in [2.75, 3.05) is 18.4 Å². The highest BCUT2D eigenvalue weighted by atomic mass is 35.5. The van der Waals surface area contributed by atoms with Crippen molar-refractivity contribution in [3.63, 3.8) is 0 Å². The van der Waals surface area contributed by atoms with E-state index in [9.17, 15) is 4.79 Å². The van der Waals surface area contributed by atoms with E-state index in [0.29, 0.717) is 30.1 Å². The van der Waals surface area contributed by atoms with Crippen LogP contribution in [0.15, 0.2) is 42.7 Å². The molecule has 4 aromatic rings. The van der Waals surface area contributed by atoms with Crippen molar-refractivity contribution < 1.29 is 4.79 Å². The average Bonchev–Trinajstić information content (AvgIpc) is 3.29. The van der Waals surface area contributed by atoms with Crippen molar-refractivity contribution in [3.8, 4) is 5.69 Å². The number of hydrogen-bond donors (Lipinski definition) is 2. The Labute approximate surface area is 171 Å². The van der Waals surface area contributed by atoms with Crippen molar-refractivity contribution in [3.05, 3.63) is 64.8 Å². The molecule has 0 aliphatic carbocycles. The number of hydrogen-bond acceptors (Lipinski definition) is 6. The van der Waals surface area contributed by atoms with Gasteiger partial charge in [-0.1, -0.05) is 29.8 Å². The highest BCUT2D eigenvalue weighted by Crippen LogP contribution is 2.23. The van der Waals surface area contributed by atoms with Gasteiger partial charge in [0, 0.05) is 24.8 Å². The summed E-state index contributed by atoms with van der Waals surface area (Å²) in [5, 5.41) is 14.9. The molecule has 0 unspecified atom stereocenters. The molecule has 0 aliphatic rings. The third-order valence-electron chi connectivity index (χ3n) is 4.33. The second-order valence-corrected chi connectivity index (χ2v) is 6.79. The lowest BCUT2D eigenvalue weighted by atomic mass is 10.2. The quantitative estimate of drug-likeness (QED) is 0.473. The minimum Gasteiger partial charge on any atom is -0.368 e. The van der Waals surface area contributed by atoms with Crippen LogP contribution in [0.2, 0.25) is 5.15 Å². The summed E-state index contributed by atoms with van der Waals surface area (Å²) in [4.78, 5) is 21.0. The smallest absolute Gasteiger partial charge is 0.256 e. The van der Waals surface area contributed by atoms with Crippen LogP contribution in [-0.2, 0) is 0 Å². The van der Waals surface area contributed by atoms with Gasteiger partial charge in [-0.3, -0.25) is 4.79 Å². The van der Waals surface area contributed by atoms with E-state index in [1.165, 1.54) is 6.33 Å². The van der Waals surface area contributed by atoms with Crippen molar-refractivity contribution in [1.29, 1.82) is 0 Å². The topological polar surface area (TPSA) is 102 Å². The number of aryl methyl sites for hydroxylation is 2. The van der Waals surface area contributed by atoms with Crippen LogP contribution < -0.4 is 10.6 Å². The van der Waals surface area contributed by atoms with E-state index in [1.54, 1.807) is 16.1 Å². The number of rotatable bonds is 6. The summed E-state index contributed by atoms with van der Waals surface area (Å²) >= 11 is 6.44. The lowest BCUT2D eigenvalue weighted by Crippen LogP contribution is -2.29. The van der Waals surface area contributed by atoms with E-state index in [0.717, 1.165) is 17.2 Å². The second kappa shape index (κ2) is 7.88. The van der Waals surface area contributed by atoms with Gasteiger partial charge in [-0.05, 0) is 26.0 Å². The maximum atomic E-state index is 12.7. The molecule has 1 amide bonds. The normalized spacial score (nSPS) is 11.0. The van der Waals surface area contributed by atoms with Crippen molar-refractivity contribution in [2.45, 2.75) is 13.8 Å². The summed E-state index contributed by atoms with van der Waals surface area (Å²) in [6.45, 7) is 4.53. The maximum absolute atomic E-state index is 12.7. The van der Waals surface area contributed by atoms with Crippen LogP contribution in [0.5, 0.6) is 0 Å². The molecule has 4 rings (SSSR count). The van der Waals surface area contributed by atoms with Gasteiger partial charge in [-0.2, -0.15) is 19.7 Å². The Kier molecular flexibility index (Phi) is 5.13. The van der Waals surface area contributed by atoms with E-state index in [-0.39, 0.29) is 11.1 Å². The Balaban J connectivity index is 1.41. The zero-order chi connectivity index (χ0) is 20.4. The minimum atomic E-state index is -0.270. The Bertz CT molecular complexity index is 1170. The number of halogens is 1. The molecule has 0 spiro atoms. The molecule has 0 saturated carbocycles. The molecular formula is C19H19ClN8O. The summed E-state index contributed by atoms with van der Waals surface area (Å²) in [6, 6.07) is 11.3. The lowest BCUT2D eigenvalue weighted by Gasteiger charge is -2.09. The first-order valence-electron chi connectivity index (χ1n) is 9.04. The fourth-order valence-corrected chi connectivity index (χ4v) is 3.37. The van der Waals surface area contributed by atoms with Gasteiger partial charge in [0.2, 0.25) is 0 Å². The Morgan fingerprint density at radius 2 is 1.97 bits per heavy atom. The molecular weight excluding hydrogens is 392 g/mol. The number of fused-ring (bicyclic) bond motifs is 1. The Morgan fingerprint density at radius 1 is 1.17 bits per heavy atom. The fraction of sp³-hybridized carbons (Fsp3) is 0.211. The van der Waals surface area contributed by atoms with Crippen LogP contribution in [0.3, 0.4) is 0 Å². The molecule has 0 fully saturated rings. The summed E-state index contributed by atoms with van der Waals surface area (Å²) < 4.78 is 3.17. The van der Waals surface area contributed by atoms with Crippen LogP contribution in [0, 0.1) is 13.8 Å². The Hall–Kier alpha value is -3.46. The number of para-hydroxylation sites is 1. The van der Waals surface area contributed by atoms with E-state index < -0.39 is 0 Å². The molecule has 0 aliphatic heterocycles. The first-order valence-corrected chi connectivity index (χ1v) is 9.42. The number of nitrogens with one attached hydrogen (secondary N) is 2. The summed E-state index contributed by atoms with van der Waals surface area (Å²) in [6.07, 6.45) is 1.45. The van der Waals surface area contributed by atoms with E-state index in [1.807, 2.05) is 43.3 Å². The molecule has 2 N–H and O–H groups in total. The summed E-state index contributed by atoms with van der Waals surface area (Å²) in [7, 11) is 0. The van der Waals surface area contributed by atoms with Crippen LogP contribution in [0.4, 0.5) is 5.82 Å². The first kappa shape index (κ1) is 18.9. The number of aromatic nitrogens is 6. The predicted molar refractivity (Wildman–Crippen MR) is 110 cm³/mol. The van der Waals surface area contributed by atoms with Crippen LogP contribution in [0.25, 0.3) is 11.5 Å². The van der Waals surface area contributed by atoms with Gasteiger partial charge in [0.1, 0.15) is 17.3 Å². The zero-order valence-corrected chi connectivity index (χ0v) is 16.7. The van der Waals surface area contributed by atoms with Gasteiger partial charge >= 0.3 is 0 Å². The number of benzene rings is 1. The van der Waals surface area contributed by atoms with Gasteiger partial charge in [0.05, 0.1) is 16.9 Å². The highest BCUT2D eigenvalue weighted by Gasteiger charge is 2.20. The number of nitrogens with zero attached hydrogens (tertiary/aromatic N) is 6. The molecule has 9 nitrogen and oxygen atoms in total. The molecule has 0 saturated heterocycles. The maximum Gasteiger partial charge on any atom is 0.256 e. The van der Waals surface area contributed by atoms with E-state index >= 15 is 0 Å². The summed E-state index contributed by atoms with van der Waals surface area (Å²) in [5.74, 6) is 1.01. The number of carbonyl (C=O) groups excluding carboxylic acids is 1. The molecule has 3 heterocycles. The Morgan fingerprint density at radius 3 is 2.76 bits per heavy atom. The predicted octanol–water partition coefficient (Wildman–Crippen LogP) is 2.42. The fourth-order valence-electron chi connectivity index (χ4n) is 3.01. The number of anilines is 1. The largest absolute Gasteiger partial charge is 0.368 e. The van der Waals surface area contributed by atoms with Crippen molar-refractivity contribution >= 4 is 29.1 Å². The molecule has 10 heteroatoms. The summed E-state index contributed by atoms with van der Waals surface area (Å²) in [5.41, 5.74) is 2.56. The molecule has 29 heavy (non-hydrogen) atoms. The van der Waals surface area contributed by atoms with Gasteiger partial charge in [-0.15, -0.1) is 0 Å². The number of amides is 1. The van der Waals surface area contributed by atoms with Crippen LogP contribution in [-0.4, -0.2) is 48.4 Å². The molecule has 0 radical (unpaired) electrons. The van der Waals surface area contributed by atoms with E-state index in [2.05, 4.69) is 30.8 Å². The van der Waals surface area contributed by atoms with Crippen molar-refractivity contribution in [1.82, 2.24) is 34.7 Å². The standard InChI is InChI=1S/C19H19ClN8O/c1-12-10-15(28-19(25-12)23-11-24-28)21-8-9-22-18(29)16-13(2)26-27(17(16)20)14-6-4-3-5-7-14/h3-7,10-11,21H,8-9H2,1-2H3,(H,22,29). The van der Waals surface area contributed by atoms with Gasteiger partial charge in [0.25, 0.3) is 11.7 Å². The van der Waals surface area contributed by atoms with Gasteiger partial charge in [-0.25, -0.2) is 9.67 Å². The third-order valence-corrected chi connectivity index (χ3v) is 4.68. The molecule has 1 aromatic carbocycles. The monoisotopic (exact) mass is 410 g/mol. The minimum absolute atomic E-state index is 0.270. The average molecular weight is 411 g/mol. The SMILES string of the molecule is Cc1cc(NCCNC(=O)c2c(C)nn(-c3ccccc3)c2Cl)n2ncnc2n1. The van der Waals surface area contributed by atoms with Gasteiger partial charge in [0.15, 0.2) is 0 Å². The number of carbonyl (C=O) groups is 1. The third kappa shape index (κ3) is 3.77. The van der Waals surface area contributed by atoms with Crippen LogP contribution >= 0.6 is 11.6 Å². The van der Waals surface area contributed by atoms with Gasteiger partial charge < -0.3 is 10.6 Å². The zero-order valence-electron chi connectivity index (χ0n) is 15.9. The second-order valence-electron chi connectivity index (χ2n) is 6.44. The van der Waals surface area contributed by atoms with Crippen LogP contribution in [0.1, 0.15) is 21.7 Å². The molecule has 3 aromatic heterocycles. The van der Waals surface area contributed by atoms with Crippen molar-refractivity contribution in [2.24, 2.45) is 0 Å². The lowest BCUT2D eigenvalue weighted by molar-refractivity contribution is 0.0954. The highest BCUT2D eigenvalue weighted by molar-refractivity contribution is 6.33. The van der Waals surface area contributed by atoms with E-state index in [4.69, 9.17) is 11.6 Å². The first-order chi connectivity index (χ1) is 14.0. The molecule has 148 valence electrons. The molecule has 0 atom stereocenters.